The van der Waals surface area contributed by atoms with Gasteiger partial charge in [0, 0.05) is 17.2 Å². The van der Waals surface area contributed by atoms with Gasteiger partial charge >= 0.3 is 5.97 Å². The number of nitrogens with zero attached hydrogens (tertiary/aromatic N) is 2. The predicted molar refractivity (Wildman–Crippen MR) is 124 cm³/mol. The van der Waals surface area contributed by atoms with E-state index in [1.54, 1.807) is 0 Å². The molecule has 1 saturated carbocycles. The maximum atomic E-state index is 13.3. The van der Waals surface area contributed by atoms with Crippen LogP contribution >= 0.6 is 0 Å². The lowest BCUT2D eigenvalue weighted by Crippen LogP contribution is -2.22. The molecule has 32 heavy (non-hydrogen) atoms. The van der Waals surface area contributed by atoms with Gasteiger partial charge in [-0.15, -0.1) is 0 Å². The fourth-order valence-electron chi connectivity index (χ4n) is 4.50. The van der Waals surface area contributed by atoms with E-state index in [-0.39, 0.29) is 11.3 Å². The molecule has 0 radical (unpaired) electrons. The summed E-state index contributed by atoms with van der Waals surface area (Å²) in [6, 6.07) is 9.06. The molecule has 1 aromatic carbocycles. The molecular formula is C25H31N3O4. The van der Waals surface area contributed by atoms with Gasteiger partial charge in [-0.3, -0.25) is 9.89 Å². The Kier molecular flexibility index (Phi) is 6.93. The lowest BCUT2D eigenvalue weighted by molar-refractivity contribution is 0.0690. The number of hydrogen-bond acceptors (Lipinski definition) is 4. The lowest BCUT2D eigenvalue weighted by atomic mass is 9.85. The molecule has 4 rings (SSSR count). The molecule has 0 unspecified atom stereocenters. The summed E-state index contributed by atoms with van der Waals surface area (Å²) in [6.45, 7) is 2.80. The second-order valence-corrected chi connectivity index (χ2v) is 8.68. The normalized spacial score (nSPS) is 14.7. The third kappa shape index (κ3) is 4.87. The smallest absolute Gasteiger partial charge is 0.353 e. The van der Waals surface area contributed by atoms with Gasteiger partial charge in [0.1, 0.15) is 11.4 Å². The summed E-state index contributed by atoms with van der Waals surface area (Å²) in [4.78, 5) is 29.5. The maximum Gasteiger partial charge on any atom is 0.353 e. The second kappa shape index (κ2) is 10.0. The molecule has 0 bridgehead atoms. The monoisotopic (exact) mass is 437 g/mol. The van der Waals surface area contributed by atoms with Crippen molar-refractivity contribution in [3.8, 4) is 17.0 Å². The number of carboxylic acid groups (broad SMARTS) is 1. The minimum Gasteiger partial charge on any atom is -0.494 e. The molecule has 0 amide bonds. The number of aromatic nitrogens is 3. The van der Waals surface area contributed by atoms with Crippen LogP contribution in [0.15, 0.2) is 35.1 Å². The zero-order valence-corrected chi connectivity index (χ0v) is 18.6. The number of nitrogens with one attached hydrogen (secondary N) is 1. The summed E-state index contributed by atoms with van der Waals surface area (Å²) in [6.07, 6.45) is 9.88. The Morgan fingerprint density at radius 2 is 1.97 bits per heavy atom. The van der Waals surface area contributed by atoms with Crippen molar-refractivity contribution in [1.29, 1.82) is 0 Å². The van der Waals surface area contributed by atoms with Crippen LogP contribution in [0, 0.1) is 5.92 Å². The predicted octanol–water partition coefficient (Wildman–Crippen LogP) is 5.08. The van der Waals surface area contributed by atoms with Crippen LogP contribution in [0.25, 0.3) is 16.9 Å². The van der Waals surface area contributed by atoms with Crippen molar-refractivity contribution in [2.45, 2.75) is 64.7 Å². The number of hydrogen-bond donors (Lipinski definition) is 2. The summed E-state index contributed by atoms with van der Waals surface area (Å²) in [5.74, 6) is 0.302. The van der Waals surface area contributed by atoms with E-state index in [0.717, 1.165) is 30.6 Å². The fourth-order valence-corrected chi connectivity index (χ4v) is 4.50. The van der Waals surface area contributed by atoms with Gasteiger partial charge in [0.25, 0.3) is 5.56 Å². The van der Waals surface area contributed by atoms with Gasteiger partial charge in [-0.2, -0.15) is 0 Å². The first-order chi connectivity index (χ1) is 15.6. The number of carbonyl (C=O) groups is 1. The van der Waals surface area contributed by atoms with Crippen molar-refractivity contribution in [1.82, 2.24) is 14.6 Å². The molecule has 0 aliphatic heterocycles. The molecule has 1 fully saturated rings. The van der Waals surface area contributed by atoms with Gasteiger partial charge in [-0.25, -0.2) is 14.3 Å². The van der Waals surface area contributed by atoms with Crippen molar-refractivity contribution in [2.75, 3.05) is 6.61 Å². The van der Waals surface area contributed by atoms with Gasteiger partial charge in [0.2, 0.25) is 0 Å². The van der Waals surface area contributed by atoms with E-state index in [0.29, 0.717) is 35.9 Å². The number of fused-ring (bicyclic) bond motifs is 1. The molecule has 7 heteroatoms. The van der Waals surface area contributed by atoms with Crippen LogP contribution in [-0.2, 0) is 6.42 Å². The molecule has 3 aromatic rings. The summed E-state index contributed by atoms with van der Waals surface area (Å²) in [7, 11) is 0. The number of rotatable bonds is 9. The SMILES string of the molecule is CCCCOc1ccc(-c2nc3cc(C(=O)O)[nH]n3c(=O)c2CCC2CCCCC2)cc1. The number of unbranched alkanes of at least 4 members (excludes halogenated alkanes) is 1. The van der Waals surface area contributed by atoms with Crippen LogP contribution in [0.3, 0.4) is 0 Å². The van der Waals surface area contributed by atoms with Gasteiger partial charge in [-0.1, -0.05) is 45.4 Å². The van der Waals surface area contributed by atoms with Crippen LogP contribution < -0.4 is 10.3 Å². The summed E-state index contributed by atoms with van der Waals surface area (Å²) in [5, 5.41) is 12.0. The van der Waals surface area contributed by atoms with E-state index < -0.39 is 5.97 Å². The van der Waals surface area contributed by atoms with E-state index in [2.05, 4.69) is 12.0 Å². The standard InChI is InChI=1S/C25H31N3O4/c1-2-3-15-32-19-12-10-18(11-13-19)23-20(14-9-17-7-5-4-6-8-17)24(29)28-22(26-23)16-21(27-28)25(30)31/h10-13,16-17,27H,2-9,14-15H2,1H3,(H,30,31). The zero-order chi connectivity index (χ0) is 22.5. The zero-order valence-electron chi connectivity index (χ0n) is 18.6. The fraction of sp³-hybridized carbons (Fsp3) is 0.480. The summed E-state index contributed by atoms with van der Waals surface area (Å²) >= 11 is 0. The highest BCUT2D eigenvalue weighted by molar-refractivity contribution is 5.86. The highest BCUT2D eigenvalue weighted by atomic mass is 16.5. The maximum absolute atomic E-state index is 13.3. The molecule has 0 spiro atoms. The van der Waals surface area contributed by atoms with E-state index in [4.69, 9.17) is 9.72 Å². The number of H-pyrrole nitrogens is 1. The Bertz CT molecular complexity index is 1120. The van der Waals surface area contributed by atoms with E-state index in [1.807, 2.05) is 24.3 Å². The molecule has 2 aromatic heterocycles. The van der Waals surface area contributed by atoms with Crippen molar-refractivity contribution < 1.29 is 14.6 Å². The second-order valence-electron chi connectivity index (χ2n) is 8.68. The highest BCUT2D eigenvalue weighted by Gasteiger charge is 2.20. The van der Waals surface area contributed by atoms with Gasteiger partial charge in [0.15, 0.2) is 5.65 Å². The van der Waals surface area contributed by atoms with Crippen LogP contribution in [0.4, 0.5) is 0 Å². The third-order valence-electron chi connectivity index (χ3n) is 6.36. The number of carboxylic acids is 1. The first kappa shape index (κ1) is 22.1. The number of benzene rings is 1. The van der Waals surface area contributed by atoms with E-state index in [1.165, 1.54) is 42.7 Å². The Morgan fingerprint density at radius 1 is 1.22 bits per heavy atom. The van der Waals surface area contributed by atoms with E-state index in [9.17, 15) is 14.7 Å². The Balaban J connectivity index is 1.69. The largest absolute Gasteiger partial charge is 0.494 e. The van der Waals surface area contributed by atoms with Crippen molar-refractivity contribution in [3.05, 3.63) is 51.9 Å². The van der Waals surface area contributed by atoms with Crippen LogP contribution in [0.2, 0.25) is 0 Å². The Morgan fingerprint density at radius 3 is 2.66 bits per heavy atom. The third-order valence-corrected chi connectivity index (χ3v) is 6.36. The van der Waals surface area contributed by atoms with Crippen LogP contribution in [-0.4, -0.2) is 32.3 Å². The topological polar surface area (TPSA) is 96.7 Å². The van der Waals surface area contributed by atoms with Crippen LogP contribution in [0.5, 0.6) is 5.75 Å². The molecule has 1 aliphatic rings. The Labute approximate surface area is 187 Å². The number of aromatic amines is 1. The van der Waals surface area contributed by atoms with Crippen molar-refractivity contribution in [3.63, 3.8) is 0 Å². The number of aromatic carboxylic acids is 1. The molecule has 2 N–H and O–H groups in total. The van der Waals surface area contributed by atoms with Crippen molar-refractivity contribution >= 4 is 11.6 Å². The lowest BCUT2D eigenvalue weighted by Gasteiger charge is -2.21. The molecule has 170 valence electrons. The molecule has 2 heterocycles. The average molecular weight is 438 g/mol. The molecular weight excluding hydrogens is 406 g/mol. The molecule has 1 aliphatic carbocycles. The van der Waals surface area contributed by atoms with Crippen LogP contribution in [0.1, 0.15) is 74.3 Å². The first-order valence-electron chi connectivity index (χ1n) is 11.7. The van der Waals surface area contributed by atoms with E-state index >= 15 is 0 Å². The minimum atomic E-state index is -1.12. The molecule has 7 nitrogen and oxygen atoms in total. The van der Waals surface area contributed by atoms with Crippen molar-refractivity contribution in [2.24, 2.45) is 5.92 Å². The minimum absolute atomic E-state index is 0.0512. The first-order valence-corrected chi connectivity index (χ1v) is 11.7. The average Bonchev–Trinajstić information content (AvgIpc) is 3.25. The van der Waals surface area contributed by atoms with Gasteiger partial charge in [0.05, 0.1) is 12.3 Å². The summed E-state index contributed by atoms with van der Waals surface area (Å²) in [5.41, 5.74) is 2.13. The number of ether oxygens (including phenoxy) is 1. The molecule has 0 saturated heterocycles. The Hall–Kier alpha value is -3.09. The quantitative estimate of drug-likeness (QED) is 0.455. The van der Waals surface area contributed by atoms with Gasteiger partial charge in [-0.05, 0) is 49.4 Å². The van der Waals surface area contributed by atoms with Gasteiger partial charge < -0.3 is 9.84 Å². The highest BCUT2D eigenvalue weighted by Crippen LogP contribution is 2.29. The summed E-state index contributed by atoms with van der Waals surface area (Å²) < 4.78 is 7.02. The molecule has 0 atom stereocenters.